The summed E-state index contributed by atoms with van der Waals surface area (Å²) >= 11 is 0. The Morgan fingerprint density at radius 3 is 2.41 bits per heavy atom. The van der Waals surface area contributed by atoms with Gasteiger partial charge in [-0.1, -0.05) is 63.9 Å². The molecule has 0 spiro atoms. The van der Waals surface area contributed by atoms with Gasteiger partial charge in [-0.3, -0.25) is 13.6 Å². The van der Waals surface area contributed by atoms with Crippen molar-refractivity contribution >= 4 is 33.7 Å². The molecule has 0 aliphatic rings. The molecule has 1 aromatic carbocycles. The lowest BCUT2D eigenvalue weighted by atomic mass is 9.97. The molecule has 0 saturated heterocycles. The monoisotopic (exact) mass is 457 g/mol. The smallest absolute Gasteiger partial charge is 0.309 e. The number of carbonyl (C=O) groups is 1. The molecule has 3 rings (SSSR count). The molecule has 0 radical (unpaired) electrons. The van der Waals surface area contributed by atoms with Crippen LogP contribution < -0.4 is 11.0 Å². The fraction of sp³-hybridized carbons (Fsp3) is 0.478. The molecule has 1 unspecified atom stereocenters. The molecule has 172 valence electrons. The average Bonchev–Trinajstić information content (AvgIpc) is 3.10. The quantitative estimate of drug-likeness (QED) is 0.425. The van der Waals surface area contributed by atoms with Gasteiger partial charge in [0.2, 0.25) is 11.1 Å². The van der Waals surface area contributed by atoms with E-state index in [-0.39, 0.29) is 28.5 Å². The van der Waals surface area contributed by atoms with Gasteiger partial charge in [0, 0.05) is 11.7 Å². The van der Waals surface area contributed by atoms with E-state index in [0.717, 1.165) is 31.2 Å². The highest BCUT2D eigenvalue weighted by molar-refractivity contribution is 7.84. The number of anilines is 1. The van der Waals surface area contributed by atoms with Crippen molar-refractivity contribution in [2.75, 3.05) is 11.1 Å². The van der Waals surface area contributed by atoms with Gasteiger partial charge in [0.15, 0.2) is 11.5 Å². The second kappa shape index (κ2) is 11.2. The van der Waals surface area contributed by atoms with E-state index < -0.39 is 10.8 Å². The number of nitrogens with one attached hydrogen (secondary N) is 2. The minimum Gasteiger partial charge on any atom is -0.309 e. The third-order valence-corrected chi connectivity index (χ3v) is 6.63. The summed E-state index contributed by atoms with van der Waals surface area (Å²) in [4.78, 5) is 37.4. The van der Waals surface area contributed by atoms with Crippen molar-refractivity contribution in [2.45, 2.75) is 64.6 Å². The van der Waals surface area contributed by atoms with E-state index >= 15 is 0 Å². The molecule has 32 heavy (non-hydrogen) atoms. The zero-order valence-electron chi connectivity index (χ0n) is 18.9. The number of benzene rings is 1. The number of fused-ring (bicyclic) bond motifs is 1. The Morgan fingerprint density at radius 2 is 1.78 bits per heavy atom. The van der Waals surface area contributed by atoms with E-state index in [9.17, 15) is 13.8 Å². The van der Waals surface area contributed by atoms with Crippen LogP contribution in [0.2, 0.25) is 0 Å². The highest BCUT2D eigenvalue weighted by Crippen LogP contribution is 2.22. The van der Waals surface area contributed by atoms with Gasteiger partial charge in [-0.25, -0.2) is 14.8 Å². The summed E-state index contributed by atoms with van der Waals surface area (Å²) in [5, 5.41) is 3.01. The Hall–Kier alpha value is -2.81. The first-order chi connectivity index (χ1) is 15.5. The maximum atomic E-state index is 13.0. The van der Waals surface area contributed by atoms with Gasteiger partial charge in [-0.15, -0.1) is 0 Å². The second-order valence-corrected chi connectivity index (χ2v) is 9.33. The first kappa shape index (κ1) is 23.8. The van der Waals surface area contributed by atoms with E-state index in [4.69, 9.17) is 0 Å². The van der Waals surface area contributed by atoms with Crippen molar-refractivity contribution in [1.82, 2.24) is 19.5 Å². The van der Waals surface area contributed by atoms with Crippen molar-refractivity contribution in [2.24, 2.45) is 5.92 Å². The van der Waals surface area contributed by atoms with Gasteiger partial charge in [0.25, 0.3) is 0 Å². The minimum atomic E-state index is -1.43. The molecule has 9 heteroatoms. The summed E-state index contributed by atoms with van der Waals surface area (Å²) in [6, 6.07) is 9.56. The highest BCUT2D eigenvalue weighted by Gasteiger charge is 2.22. The summed E-state index contributed by atoms with van der Waals surface area (Å²) in [6.07, 6.45) is 4.04. The van der Waals surface area contributed by atoms with Crippen LogP contribution in [0, 0.1) is 5.92 Å². The van der Waals surface area contributed by atoms with Gasteiger partial charge >= 0.3 is 5.69 Å². The van der Waals surface area contributed by atoms with E-state index in [2.05, 4.69) is 20.3 Å². The van der Waals surface area contributed by atoms with Crippen LogP contribution in [0.25, 0.3) is 11.2 Å². The Kier molecular flexibility index (Phi) is 8.33. The lowest BCUT2D eigenvalue weighted by Crippen LogP contribution is -2.24. The number of aromatic amines is 1. The zero-order valence-corrected chi connectivity index (χ0v) is 19.7. The summed E-state index contributed by atoms with van der Waals surface area (Å²) in [6.45, 7) is 6.33. The van der Waals surface area contributed by atoms with Crippen LogP contribution in [0.1, 0.15) is 58.4 Å². The van der Waals surface area contributed by atoms with E-state index in [1.54, 1.807) is 0 Å². The van der Waals surface area contributed by atoms with Crippen LogP contribution in [0.15, 0.2) is 40.3 Å². The van der Waals surface area contributed by atoms with Crippen LogP contribution in [0.5, 0.6) is 0 Å². The third-order valence-electron chi connectivity index (χ3n) is 5.27. The maximum Gasteiger partial charge on any atom is 0.328 e. The Labute approximate surface area is 190 Å². The molecule has 8 nitrogen and oxygen atoms in total. The fourth-order valence-electron chi connectivity index (χ4n) is 3.71. The maximum absolute atomic E-state index is 13.0. The van der Waals surface area contributed by atoms with Gasteiger partial charge < -0.3 is 10.3 Å². The largest absolute Gasteiger partial charge is 0.328 e. The molecule has 1 amide bonds. The van der Waals surface area contributed by atoms with E-state index in [1.165, 1.54) is 4.57 Å². The molecule has 0 aliphatic carbocycles. The lowest BCUT2D eigenvalue weighted by molar-refractivity contribution is -0.120. The van der Waals surface area contributed by atoms with Gasteiger partial charge in [-0.2, -0.15) is 0 Å². The molecule has 0 aliphatic heterocycles. The molecule has 0 saturated carbocycles. The molecule has 2 N–H and O–H groups in total. The number of imidazole rings is 1. The third kappa shape index (κ3) is 5.51. The number of amides is 1. The number of nitrogens with zero attached hydrogens (tertiary/aromatic N) is 3. The molecule has 3 aromatic rings. The predicted molar refractivity (Wildman–Crippen MR) is 127 cm³/mol. The molecular weight excluding hydrogens is 426 g/mol. The standard InChI is InChI=1S/C23H31N5O3S/c1-4-10-17(11-5-2)21(29)25-19-18-20(27-22(26-19)32(31)14-6-3)28(23(30)24-18)15-16-12-8-7-9-13-16/h7-9,12-13,17H,4-6,10-11,14-15H2,1-3H3,(H,24,30)(H,25,26,27,29). The summed E-state index contributed by atoms with van der Waals surface area (Å²) in [5.41, 5.74) is 1.27. The summed E-state index contributed by atoms with van der Waals surface area (Å²) < 4.78 is 14.2. The topological polar surface area (TPSA) is 110 Å². The molecule has 2 heterocycles. The van der Waals surface area contributed by atoms with Crippen molar-refractivity contribution in [3.63, 3.8) is 0 Å². The fourth-order valence-corrected chi connectivity index (χ4v) is 4.65. The van der Waals surface area contributed by atoms with Crippen molar-refractivity contribution in [3.05, 3.63) is 46.4 Å². The first-order valence-electron chi connectivity index (χ1n) is 11.2. The van der Waals surface area contributed by atoms with Crippen LogP contribution in [0.4, 0.5) is 5.82 Å². The van der Waals surface area contributed by atoms with Gasteiger partial charge in [0.1, 0.15) is 5.52 Å². The Morgan fingerprint density at radius 1 is 1.09 bits per heavy atom. The van der Waals surface area contributed by atoms with Crippen LogP contribution >= 0.6 is 0 Å². The van der Waals surface area contributed by atoms with Gasteiger partial charge in [-0.05, 0) is 24.8 Å². The average molecular weight is 458 g/mol. The van der Waals surface area contributed by atoms with Crippen molar-refractivity contribution in [1.29, 1.82) is 0 Å². The number of aromatic nitrogens is 4. The second-order valence-electron chi connectivity index (χ2n) is 7.87. The van der Waals surface area contributed by atoms with E-state index in [0.29, 0.717) is 29.9 Å². The SMILES string of the molecule is CCCC(CCC)C(=O)Nc1nc(S(=O)CCC)nc2c1[nH]c(=O)n2Cc1ccccc1. The summed E-state index contributed by atoms with van der Waals surface area (Å²) in [7, 11) is -1.43. The normalized spacial score (nSPS) is 12.4. The number of rotatable bonds is 11. The lowest BCUT2D eigenvalue weighted by Gasteiger charge is -2.15. The number of carbonyl (C=O) groups excluding carboxylic acids is 1. The molecule has 1 atom stereocenters. The van der Waals surface area contributed by atoms with Crippen molar-refractivity contribution in [3.8, 4) is 0 Å². The highest BCUT2D eigenvalue weighted by atomic mass is 32.2. The van der Waals surface area contributed by atoms with Crippen LogP contribution in [-0.4, -0.2) is 35.4 Å². The molecule has 0 bridgehead atoms. The minimum absolute atomic E-state index is 0.123. The molecule has 2 aromatic heterocycles. The first-order valence-corrected chi connectivity index (χ1v) is 12.5. The van der Waals surface area contributed by atoms with Crippen LogP contribution in [0.3, 0.4) is 0 Å². The van der Waals surface area contributed by atoms with E-state index in [1.807, 2.05) is 51.1 Å². The number of H-pyrrole nitrogens is 1. The Bertz CT molecular complexity index is 1130. The molecular formula is C23H31N5O3S. The number of hydrogen-bond acceptors (Lipinski definition) is 5. The number of hydrogen-bond donors (Lipinski definition) is 2. The summed E-state index contributed by atoms with van der Waals surface area (Å²) in [5.74, 6) is 0.330. The zero-order chi connectivity index (χ0) is 23.1. The predicted octanol–water partition coefficient (Wildman–Crippen LogP) is 3.84. The van der Waals surface area contributed by atoms with Crippen molar-refractivity contribution < 1.29 is 9.00 Å². The van der Waals surface area contributed by atoms with Crippen LogP contribution in [-0.2, 0) is 22.1 Å². The molecule has 0 fully saturated rings. The Balaban J connectivity index is 2.08. The van der Waals surface area contributed by atoms with Gasteiger partial charge in [0.05, 0.1) is 17.3 Å².